The number of ether oxygens (including phenoxy) is 2. The van der Waals surface area contributed by atoms with E-state index in [9.17, 15) is 5.11 Å². The van der Waals surface area contributed by atoms with E-state index in [2.05, 4.69) is 5.32 Å². The minimum Gasteiger partial charge on any atom is -0.389 e. The molecule has 0 aliphatic carbocycles. The molecule has 0 fully saturated rings. The maximum absolute atomic E-state index is 9.72. The lowest BCUT2D eigenvalue weighted by Crippen LogP contribution is -2.26. The second kappa shape index (κ2) is 8.08. The fourth-order valence-electron chi connectivity index (χ4n) is 1.54. The van der Waals surface area contributed by atoms with Gasteiger partial charge >= 0.3 is 0 Å². The van der Waals surface area contributed by atoms with Crippen LogP contribution in [-0.4, -0.2) is 37.6 Å². The third kappa shape index (κ3) is 6.00. The molecule has 102 valence electrons. The third-order valence-corrected chi connectivity index (χ3v) is 2.40. The van der Waals surface area contributed by atoms with Crippen molar-refractivity contribution >= 4 is 5.69 Å². The van der Waals surface area contributed by atoms with Gasteiger partial charge in [-0.1, -0.05) is 12.1 Å². The van der Waals surface area contributed by atoms with E-state index < -0.39 is 6.10 Å². The summed E-state index contributed by atoms with van der Waals surface area (Å²) in [6, 6.07) is 7.95. The summed E-state index contributed by atoms with van der Waals surface area (Å²) in [6.45, 7) is 5.32. The molecule has 1 unspecified atom stereocenters. The van der Waals surface area contributed by atoms with Crippen molar-refractivity contribution in [3.05, 3.63) is 29.8 Å². The molecule has 0 bridgehead atoms. The van der Waals surface area contributed by atoms with Crippen molar-refractivity contribution in [3.63, 3.8) is 0 Å². The van der Waals surface area contributed by atoms with Gasteiger partial charge in [0, 0.05) is 19.3 Å². The van der Waals surface area contributed by atoms with Crippen LogP contribution >= 0.6 is 0 Å². The molecular formula is C14H23NO3. The molecule has 2 N–H and O–H groups in total. The Labute approximate surface area is 109 Å². The first-order valence-corrected chi connectivity index (χ1v) is 6.23. The number of nitrogens with one attached hydrogen (secondary N) is 1. The Morgan fingerprint density at radius 1 is 1.33 bits per heavy atom. The molecule has 0 aliphatic rings. The van der Waals surface area contributed by atoms with Crippen LogP contribution in [0.15, 0.2) is 24.3 Å². The average molecular weight is 253 g/mol. The fourth-order valence-corrected chi connectivity index (χ4v) is 1.54. The summed E-state index contributed by atoms with van der Waals surface area (Å²) in [7, 11) is 1.67. The van der Waals surface area contributed by atoms with Gasteiger partial charge in [-0.3, -0.25) is 0 Å². The van der Waals surface area contributed by atoms with E-state index in [0.29, 0.717) is 19.8 Å². The van der Waals surface area contributed by atoms with Crippen LogP contribution in [0.25, 0.3) is 0 Å². The topological polar surface area (TPSA) is 50.7 Å². The minimum atomic E-state index is -0.501. The highest BCUT2D eigenvalue weighted by molar-refractivity contribution is 5.45. The van der Waals surface area contributed by atoms with E-state index >= 15 is 0 Å². The third-order valence-electron chi connectivity index (χ3n) is 2.40. The highest BCUT2D eigenvalue weighted by atomic mass is 16.5. The lowest BCUT2D eigenvalue weighted by molar-refractivity contribution is 0.0112. The van der Waals surface area contributed by atoms with E-state index in [1.165, 1.54) is 0 Å². The van der Waals surface area contributed by atoms with Gasteiger partial charge in [0.05, 0.1) is 25.4 Å². The van der Waals surface area contributed by atoms with Crippen LogP contribution in [0, 0.1) is 0 Å². The second-order valence-electron chi connectivity index (χ2n) is 4.55. The predicted octanol–water partition coefficient (Wildman–Crippen LogP) is 2.03. The Bertz CT molecular complexity index is 342. The molecule has 0 aliphatic heterocycles. The first-order chi connectivity index (χ1) is 8.61. The Hall–Kier alpha value is -1.10. The van der Waals surface area contributed by atoms with Gasteiger partial charge in [0.2, 0.25) is 0 Å². The van der Waals surface area contributed by atoms with E-state index in [4.69, 9.17) is 9.47 Å². The molecule has 0 radical (unpaired) electrons. The Morgan fingerprint density at radius 3 is 2.78 bits per heavy atom. The number of benzene rings is 1. The number of aliphatic hydroxyl groups excluding tert-OH is 1. The van der Waals surface area contributed by atoms with Gasteiger partial charge in [-0.05, 0) is 31.5 Å². The van der Waals surface area contributed by atoms with Gasteiger partial charge in [-0.2, -0.15) is 0 Å². The molecule has 1 rings (SSSR count). The van der Waals surface area contributed by atoms with Crippen molar-refractivity contribution in [2.75, 3.05) is 25.6 Å². The standard InChI is InChI=1S/C14H23NO3/c1-11(2)18-10-14(16)8-15-13-6-4-5-12(7-13)9-17-3/h4-7,11,14-16H,8-10H2,1-3H3. The van der Waals surface area contributed by atoms with Crippen LogP contribution in [0.3, 0.4) is 0 Å². The van der Waals surface area contributed by atoms with Crippen LogP contribution in [0.4, 0.5) is 5.69 Å². The first-order valence-electron chi connectivity index (χ1n) is 6.23. The van der Waals surface area contributed by atoms with Gasteiger partial charge < -0.3 is 19.9 Å². The summed E-state index contributed by atoms with van der Waals surface area (Å²) >= 11 is 0. The Kier molecular flexibility index (Phi) is 6.72. The molecule has 1 aromatic rings. The van der Waals surface area contributed by atoms with Crippen molar-refractivity contribution in [1.82, 2.24) is 0 Å². The molecule has 0 heterocycles. The Balaban J connectivity index is 2.35. The summed E-state index contributed by atoms with van der Waals surface area (Å²) in [4.78, 5) is 0. The van der Waals surface area contributed by atoms with E-state index in [-0.39, 0.29) is 6.10 Å². The zero-order valence-electron chi connectivity index (χ0n) is 11.3. The van der Waals surface area contributed by atoms with Gasteiger partial charge in [-0.15, -0.1) is 0 Å². The van der Waals surface area contributed by atoms with Crippen molar-refractivity contribution in [2.24, 2.45) is 0 Å². The molecule has 1 aromatic carbocycles. The predicted molar refractivity (Wildman–Crippen MR) is 72.7 cm³/mol. The molecule has 4 heteroatoms. The number of hydrogen-bond donors (Lipinski definition) is 2. The summed E-state index contributed by atoms with van der Waals surface area (Å²) in [6.07, 6.45) is -0.358. The van der Waals surface area contributed by atoms with Crippen LogP contribution in [0.2, 0.25) is 0 Å². The molecule has 1 atom stereocenters. The lowest BCUT2D eigenvalue weighted by Gasteiger charge is -2.15. The van der Waals surface area contributed by atoms with Gasteiger partial charge in [0.15, 0.2) is 0 Å². The van der Waals surface area contributed by atoms with Crippen molar-refractivity contribution in [1.29, 1.82) is 0 Å². The maximum Gasteiger partial charge on any atom is 0.0945 e. The highest BCUT2D eigenvalue weighted by Crippen LogP contribution is 2.11. The van der Waals surface area contributed by atoms with Crippen molar-refractivity contribution in [2.45, 2.75) is 32.7 Å². The first kappa shape index (κ1) is 15.0. The molecule has 0 saturated carbocycles. The van der Waals surface area contributed by atoms with Crippen LogP contribution in [-0.2, 0) is 16.1 Å². The van der Waals surface area contributed by atoms with Gasteiger partial charge in [0.25, 0.3) is 0 Å². The summed E-state index contributed by atoms with van der Waals surface area (Å²) < 4.78 is 10.4. The van der Waals surface area contributed by atoms with Crippen LogP contribution in [0.1, 0.15) is 19.4 Å². The zero-order valence-corrected chi connectivity index (χ0v) is 11.3. The molecule has 18 heavy (non-hydrogen) atoms. The normalized spacial score (nSPS) is 12.7. The Morgan fingerprint density at radius 2 is 2.11 bits per heavy atom. The van der Waals surface area contributed by atoms with Crippen molar-refractivity contribution < 1.29 is 14.6 Å². The largest absolute Gasteiger partial charge is 0.389 e. The molecule has 0 aromatic heterocycles. The molecule has 4 nitrogen and oxygen atoms in total. The highest BCUT2D eigenvalue weighted by Gasteiger charge is 2.05. The smallest absolute Gasteiger partial charge is 0.0945 e. The SMILES string of the molecule is COCc1cccc(NCC(O)COC(C)C)c1. The van der Waals surface area contributed by atoms with E-state index in [1.807, 2.05) is 38.1 Å². The maximum atomic E-state index is 9.72. The average Bonchev–Trinajstić information content (AvgIpc) is 2.35. The molecule has 0 spiro atoms. The number of hydrogen-bond acceptors (Lipinski definition) is 4. The van der Waals surface area contributed by atoms with Crippen LogP contribution in [0.5, 0.6) is 0 Å². The van der Waals surface area contributed by atoms with E-state index in [1.54, 1.807) is 7.11 Å². The zero-order chi connectivity index (χ0) is 13.4. The number of rotatable bonds is 8. The number of anilines is 1. The minimum absolute atomic E-state index is 0.143. The summed E-state index contributed by atoms with van der Waals surface area (Å²) in [5, 5.41) is 12.9. The van der Waals surface area contributed by atoms with Gasteiger partial charge in [0.1, 0.15) is 0 Å². The number of methoxy groups -OCH3 is 1. The second-order valence-corrected chi connectivity index (χ2v) is 4.55. The lowest BCUT2D eigenvalue weighted by atomic mass is 10.2. The number of aliphatic hydroxyl groups is 1. The van der Waals surface area contributed by atoms with Crippen LogP contribution < -0.4 is 5.32 Å². The molecular weight excluding hydrogens is 230 g/mol. The molecule has 0 saturated heterocycles. The van der Waals surface area contributed by atoms with Crippen molar-refractivity contribution in [3.8, 4) is 0 Å². The molecule has 0 amide bonds. The van der Waals surface area contributed by atoms with Gasteiger partial charge in [-0.25, -0.2) is 0 Å². The quantitative estimate of drug-likeness (QED) is 0.744. The summed E-state index contributed by atoms with van der Waals surface area (Å²) in [5.74, 6) is 0. The summed E-state index contributed by atoms with van der Waals surface area (Å²) in [5.41, 5.74) is 2.09. The van der Waals surface area contributed by atoms with E-state index in [0.717, 1.165) is 11.3 Å². The fraction of sp³-hybridized carbons (Fsp3) is 0.571. The monoisotopic (exact) mass is 253 g/mol.